The van der Waals surface area contributed by atoms with Crippen LogP contribution in [0.25, 0.3) is 0 Å². The molecule has 3 N–H and O–H groups in total. The third-order valence-corrected chi connectivity index (χ3v) is 4.68. The van der Waals surface area contributed by atoms with Crippen molar-refractivity contribution in [2.45, 2.75) is 24.6 Å². The van der Waals surface area contributed by atoms with Crippen molar-refractivity contribution >= 4 is 6.03 Å². The van der Waals surface area contributed by atoms with Gasteiger partial charge in [0.15, 0.2) is 0 Å². The minimum Gasteiger partial charge on any atom is -0.390 e. The van der Waals surface area contributed by atoms with E-state index >= 15 is 0 Å². The Bertz CT molecular complexity index is 743. The van der Waals surface area contributed by atoms with E-state index in [4.69, 9.17) is 0 Å². The summed E-state index contributed by atoms with van der Waals surface area (Å²) in [6.07, 6.45) is 3.73. The summed E-state index contributed by atoms with van der Waals surface area (Å²) in [5.74, 6) is 0. The molecule has 25 heavy (non-hydrogen) atoms. The van der Waals surface area contributed by atoms with Gasteiger partial charge in [-0.1, -0.05) is 24.3 Å². The number of aromatic nitrogens is 2. The summed E-state index contributed by atoms with van der Waals surface area (Å²) in [5, 5.41) is 20.2. The number of rotatable bonds is 5. The van der Waals surface area contributed by atoms with E-state index in [1.807, 2.05) is 56.5 Å². The zero-order valence-corrected chi connectivity index (χ0v) is 14.8. The molecule has 0 bridgehead atoms. The third kappa shape index (κ3) is 3.83. The van der Waals surface area contributed by atoms with Crippen molar-refractivity contribution in [3.05, 3.63) is 53.3 Å². The normalized spacial score (nSPS) is 20.4. The van der Waals surface area contributed by atoms with Crippen molar-refractivity contribution in [1.29, 1.82) is 0 Å². The summed E-state index contributed by atoms with van der Waals surface area (Å²) in [7, 11) is 5.80. The third-order valence-electron chi connectivity index (χ3n) is 4.68. The molecule has 1 heterocycles. The van der Waals surface area contributed by atoms with Crippen LogP contribution in [0, 0.1) is 0 Å². The number of aliphatic hydroxyl groups is 1. The first kappa shape index (κ1) is 17.4. The summed E-state index contributed by atoms with van der Waals surface area (Å²) in [4.78, 5) is 14.4. The first-order valence-corrected chi connectivity index (χ1v) is 8.41. The van der Waals surface area contributed by atoms with Crippen LogP contribution in [-0.4, -0.2) is 52.6 Å². The molecular weight excluding hydrogens is 318 g/mol. The van der Waals surface area contributed by atoms with Gasteiger partial charge in [-0.15, -0.1) is 0 Å². The molecule has 7 nitrogen and oxygen atoms in total. The van der Waals surface area contributed by atoms with Crippen molar-refractivity contribution in [3.63, 3.8) is 0 Å². The van der Waals surface area contributed by atoms with E-state index in [1.54, 1.807) is 10.9 Å². The highest BCUT2D eigenvalue weighted by Crippen LogP contribution is 2.31. The lowest BCUT2D eigenvalue weighted by atomic mass is 10.1. The van der Waals surface area contributed by atoms with Crippen LogP contribution in [0.4, 0.5) is 4.79 Å². The lowest BCUT2D eigenvalue weighted by Gasteiger charge is -2.24. The topological polar surface area (TPSA) is 82.4 Å². The molecule has 0 aliphatic heterocycles. The maximum absolute atomic E-state index is 12.3. The van der Waals surface area contributed by atoms with Crippen LogP contribution < -0.4 is 10.6 Å². The number of amides is 2. The molecule has 3 atom stereocenters. The second-order valence-corrected chi connectivity index (χ2v) is 6.73. The van der Waals surface area contributed by atoms with Gasteiger partial charge in [-0.3, -0.25) is 4.68 Å². The fraction of sp³-hybridized carbons (Fsp3) is 0.444. The summed E-state index contributed by atoms with van der Waals surface area (Å²) >= 11 is 0. The van der Waals surface area contributed by atoms with Crippen LogP contribution in [0.5, 0.6) is 0 Å². The molecule has 7 heteroatoms. The van der Waals surface area contributed by atoms with E-state index in [0.717, 1.165) is 16.7 Å². The molecular formula is C18H25N5O2. The number of carbonyl (C=O) groups is 1. The lowest BCUT2D eigenvalue weighted by Crippen LogP contribution is -2.43. The molecule has 1 aromatic carbocycles. The molecule has 2 amide bonds. The standard InChI is InChI=1S/C18H25N5O2/c1-22(2)15(13-9-20-23(3)11-13)10-19-18(25)21-17-14-7-5-4-6-12(14)8-16(17)24/h4-7,9,11,15-17,24H,8,10H2,1-3H3,(H2,19,21,25)/t15?,16-,17+/m0/s1. The minimum absolute atomic E-state index is 0.0280. The molecule has 1 aromatic heterocycles. The average molecular weight is 343 g/mol. The van der Waals surface area contributed by atoms with Crippen LogP contribution >= 0.6 is 0 Å². The van der Waals surface area contributed by atoms with Crippen molar-refractivity contribution in [2.75, 3.05) is 20.6 Å². The highest BCUT2D eigenvalue weighted by atomic mass is 16.3. The zero-order valence-electron chi connectivity index (χ0n) is 14.8. The summed E-state index contributed by atoms with van der Waals surface area (Å²) in [6.45, 7) is 0.453. The van der Waals surface area contributed by atoms with Gasteiger partial charge >= 0.3 is 6.03 Å². The summed E-state index contributed by atoms with van der Waals surface area (Å²) in [5.41, 5.74) is 3.11. The van der Waals surface area contributed by atoms with Crippen LogP contribution in [0.1, 0.15) is 28.8 Å². The van der Waals surface area contributed by atoms with Gasteiger partial charge in [0.1, 0.15) is 0 Å². The number of benzene rings is 1. The number of hydrogen-bond acceptors (Lipinski definition) is 4. The lowest BCUT2D eigenvalue weighted by molar-refractivity contribution is 0.142. The van der Waals surface area contributed by atoms with Gasteiger partial charge in [0, 0.05) is 31.8 Å². The second-order valence-electron chi connectivity index (χ2n) is 6.73. The van der Waals surface area contributed by atoms with Crippen LogP contribution in [0.2, 0.25) is 0 Å². The van der Waals surface area contributed by atoms with Gasteiger partial charge < -0.3 is 20.6 Å². The zero-order chi connectivity index (χ0) is 18.0. The highest BCUT2D eigenvalue weighted by Gasteiger charge is 2.32. The molecule has 0 saturated heterocycles. The molecule has 1 aliphatic carbocycles. The minimum atomic E-state index is -0.592. The van der Waals surface area contributed by atoms with Crippen molar-refractivity contribution in [2.24, 2.45) is 7.05 Å². The van der Waals surface area contributed by atoms with E-state index in [0.29, 0.717) is 13.0 Å². The second kappa shape index (κ2) is 7.25. The average Bonchev–Trinajstić information content (AvgIpc) is 3.11. The van der Waals surface area contributed by atoms with Gasteiger partial charge in [0.2, 0.25) is 0 Å². The molecule has 2 aromatic rings. The summed E-state index contributed by atoms with van der Waals surface area (Å²) < 4.78 is 1.75. The van der Waals surface area contributed by atoms with Gasteiger partial charge in [0.05, 0.1) is 24.4 Å². The first-order chi connectivity index (χ1) is 12.0. The van der Waals surface area contributed by atoms with E-state index in [2.05, 4.69) is 15.7 Å². The maximum atomic E-state index is 12.3. The number of fused-ring (bicyclic) bond motifs is 1. The van der Waals surface area contributed by atoms with Crippen molar-refractivity contribution in [3.8, 4) is 0 Å². The SMILES string of the molecule is CN(C)C(CNC(=O)N[C@@H]1c2ccccc2C[C@@H]1O)c1cnn(C)c1. The molecule has 0 fully saturated rings. The largest absolute Gasteiger partial charge is 0.390 e. The number of nitrogens with zero attached hydrogens (tertiary/aromatic N) is 3. The number of carbonyl (C=O) groups excluding carboxylic acids is 1. The number of nitrogens with one attached hydrogen (secondary N) is 2. The van der Waals surface area contributed by atoms with Crippen molar-refractivity contribution in [1.82, 2.24) is 25.3 Å². The maximum Gasteiger partial charge on any atom is 0.315 e. The van der Waals surface area contributed by atoms with Crippen LogP contribution in [0.3, 0.4) is 0 Å². The molecule has 134 valence electrons. The number of aliphatic hydroxyl groups excluding tert-OH is 1. The van der Waals surface area contributed by atoms with Crippen LogP contribution in [-0.2, 0) is 13.5 Å². The molecule has 0 radical (unpaired) electrons. The Morgan fingerprint density at radius 2 is 2.20 bits per heavy atom. The Labute approximate surface area is 147 Å². The van der Waals surface area contributed by atoms with Gasteiger partial charge in [-0.2, -0.15) is 5.10 Å². The number of aryl methyl sites for hydroxylation is 1. The Balaban J connectivity index is 1.61. The first-order valence-electron chi connectivity index (χ1n) is 8.41. The quantitative estimate of drug-likeness (QED) is 0.756. The Hall–Kier alpha value is -2.38. The van der Waals surface area contributed by atoms with E-state index in [9.17, 15) is 9.90 Å². The molecule has 3 rings (SSSR count). The number of hydrogen-bond donors (Lipinski definition) is 3. The fourth-order valence-corrected chi connectivity index (χ4v) is 3.34. The number of likely N-dealkylation sites (N-methyl/N-ethyl adjacent to an activating group) is 1. The smallest absolute Gasteiger partial charge is 0.315 e. The molecule has 0 spiro atoms. The van der Waals surface area contributed by atoms with E-state index in [-0.39, 0.29) is 18.1 Å². The highest BCUT2D eigenvalue weighted by molar-refractivity contribution is 5.75. The Morgan fingerprint density at radius 3 is 2.88 bits per heavy atom. The predicted molar refractivity (Wildman–Crippen MR) is 95.1 cm³/mol. The number of urea groups is 1. The Kier molecular flexibility index (Phi) is 5.06. The predicted octanol–water partition coefficient (Wildman–Crippen LogP) is 0.980. The van der Waals surface area contributed by atoms with E-state index < -0.39 is 6.10 Å². The summed E-state index contributed by atoms with van der Waals surface area (Å²) in [6, 6.07) is 7.19. The Morgan fingerprint density at radius 1 is 1.44 bits per heavy atom. The van der Waals surface area contributed by atoms with Crippen molar-refractivity contribution < 1.29 is 9.90 Å². The fourth-order valence-electron chi connectivity index (χ4n) is 3.34. The molecule has 0 saturated carbocycles. The van der Waals surface area contributed by atoms with Gasteiger partial charge in [-0.05, 0) is 25.2 Å². The van der Waals surface area contributed by atoms with Gasteiger partial charge in [0.25, 0.3) is 0 Å². The molecule has 1 aliphatic rings. The van der Waals surface area contributed by atoms with E-state index in [1.165, 1.54) is 0 Å². The monoisotopic (exact) mass is 343 g/mol. The van der Waals surface area contributed by atoms with Gasteiger partial charge in [-0.25, -0.2) is 4.79 Å². The van der Waals surface area contributed by atoms with Crippen LogP contribution in [0.15, 0.2) is 36.7 Å². The molecule has 1 unspecified atom stereocenters.